The van der Waals surface area contributed by atoms with Crippen LogP contribution in [0.25, 0.3) is 0 Å². The van der Waals surface area contributed by atoms with Crippen molar-refractivity contribution in [1.29, 1.82) is 0 Å². The van der Waals surface area contributed by atoms with Gasteiger partial charge < -0.3 is 10.3 Å². The minimum absolute atomic E-state index is 0.0299. The Hall–Kier alpha value is -0.940. The second-order valence-electron chi connectivity index (χ2n) is 2.01. The molecule has 0 aliphatic rings. The highest BCUT2D eigenvalue weighted by Gasteiger charge is 1.93. The summed E-state index contributed by atoms with van der Waals surface area (Å²) in [6.07, 6.45) is 1.84. The van der Waals surface area contributed by atoms with E-state index < -0.39 is 0 Å². The molecule has 0 atom stereocenters. The fourth-order valence-corrected chi connectivity index (χ4v) is 1.33. The predicted octanol–water partition coefficient (Wildman–Crippen LogP) is -0.527. The van der Waals surface area contributed by atoms with Crippen molar-refractivity contribution >= 4 is 17.2 Å². The van der Waals surface area contributed by atoms with Gasteiger partial charge in [0.25, 0.3) is 5.91 Å². The lowest BCUT2D eigenvalue weighted by molar-refractivity contribution is -0.116. The van der Waals surface area contributed by atoms with E-state index in [0.717, 1.165) is 0 Å². The van der Waals surface area contributed by atoms with Gasteiger partial charge in [0.15, 0.2) is 4.80 Å². The zero-order valence-electron chi connectivity index (χ0n) is 6.15. The molecule has 4 nitrogen and oxygen atoms in total. The van der Waals surface area contributed by atoms with Gasteiger partial charge in [-0.15, -0.1) is 11.3 Å². The molecule has 0 aliphatic carbocycles. The highest BCUT2D eigenvalue weighted by atomic mass is 32.1. The number of hydrogen-bond acceptors (Lipinski definition) is 3. The topological polar surface area (TPSA) is 60.4 Å². The fraction of sp³-hybridized carbons (Fsp3) is 0.333. The minimum atomic E-state index is -0.289. The smallest absolute Gasteiger partial charge is 0.262 e. The van der Waals surface area contributed by atoms with Crippen LogP contribution in [0.5, 0.6) is 0 Å². The number of carbonyl (C=O) groups excluding carboxylic acids is 1. The summed E-state index contributed by atoms with van der Waals surface area (Å²) >= 11 is 1.41. The molecule has 1 aromatic rings. The van der Waals surface area contributed by atoms with Crippen molar-refractivity contribution in [2.75, 3.05) is 6.54 Å². The first-order valence-corrected chi connectivity index (χ1v) is 3.99. The Labute approximate surface area is 68.0 Å². The van der Waals surface area contributed by atoms with E-state index >= 15 is 0 Å². The predicted molar refractivity (Wildman–Crippen MR) is 42.9 cm³/mol. The van der Waals surface area contributed by atoms with E-state index in [0.29, 0.717) is 4.80 Å². The van der Waals surface area contributed by atoms with Crippen LogP contribution in [0.2, 0.25) is 0 Å². The van der Waals surface area contributed by atoms with Gasteiger partial charge >= 0.3 is 0 Å². The lowest BCUT2D eigenvalue weighted by Crippen LogP contribution is -2.17. The molecule has 1 amide bonds. The first-order chi connectivity index (χ1) is 5.24. The highest BCUT2D eigenvalue weighted by Crippen LogP contribution is 1.85. The van der Waals surface area contributed by atoms with E-state index in [1.807, 2.05) is 18.6 Å². The van der Waals surface area contributed by atoms with Crippen molar-refractivity contribution in [1.82, 2.24) is 4.57 Å². The number of rotatable bonds is 1. The van der Waals surface area contributed by atoms with Crippen LogP contribution >= 0.6 is 11.3 Å². The summed E-state index contributed by atoms with van der Waals surface area (Å²) in [5.41, 5.74) is 5.09. The van der Waals surface area contributed by atoms with Crippen LogP contribution in [-0.4, -0.2) is 17.0 Å². The van der Waals surface area contributed by atoms with Gasteiger partial charge in [-0.1, -0.05) is 0 Å². The second kappa shape index (κ2) is 3.45. The molecule has 0 aliphatic heterocycles. The van der Waals surface area contributed by atoms with E-state index in [9.17, 15) is 4.79 Å². The van der Waals surface area contributed by atoms with Crippen molar-refractivity contribution in [3.8, 4) is 0 Å². The van der Waals surface area contributed by atoms with Crippen molar-refractivity contribution in [3.63, 3.8) is 0 Å². The quantitative estimate of drug-likeness (QED) is 0.617. The highest BCUT2D eigenvalue weighted by molar-refractivity contribution is 7.07. The third-order valence-corrected chi connectivity index (χ3v) is 2.00. The zero-order chi connectivity index (χ0) is 8.27. The monoisotopic (exact) mass is 171 g/mol. The molecule has 0 unspecified atom stereocenters. The van der Waals surface area contributed by atoms with Crippen LogP contribution in [0, 0.1) is 0 Å². The fourth-order valence-electron chi connectivity index (χ4n) is 0.587. The van der Waals surface area contributed by atoms with Crippen LogP contribution in [0.4, 0.5) is 0 Å². The number of hydrogen-bond donors (Lipinski definition) is 1. The molecule has 60 valence electrons. The first-order valence-electron chi connectivity index (χ1n) is 3.12. The molecule has 0 spiro atoms. The third-order valence-electron chi connectivity index (χ3n) is 1.15. The number of aromatic nitrogens is 1. The summed E-state index contributed by atoms with van der Waals surface area (Å²) in [4.78, 5) is 15.2. The van der Waals surface area contributed by atoms with Gasteiger partial charge in [0.1, 0.15) is 0 Å². The largest absolute Gasteiger partial charge is 0.327 e. The van der Waals surface area contributed by atoms with E-state index in [1.165, 1.54) is 11.3 Å². The summed E-state index contributed by atoms with van der Waals surface area (Å²) < 4.78 is 1.78. The molecule has 0 aromatic carbocycles. The average molecular weight is 171 g/mol. The molecule has 5 heteroatoms. The van der Waals surface area contributed by atoms with Crippen LogP contribution in [0.3, 0.4) is 0 Å². The van der Waals surface area contributed by atoms with Gasteiger partial charge in [0, 0.05) is 18.6 Å². The van der Waals surface area contributed by atoms with Gasteiger partial charge in [-0.05, 0) is 0 Å². The molecule has 1 rings (SSSR count). The van der Waals surface area contributed by atoms with E-state index in [2.05, 4.69) is 4.99 Å². The van der Waals surface area contributed by atoms with Crippen LogP contribution < -0.4 is 10.5 Å². The molecule has 0 saturated carbocycles. The normalized spacial score (nSPS) is 12.0. The third kappa shape index (κ3) is 1.99. The number of thiazole rings is 1. The Morgan fingerprint density at radius 1 is 1.91 bits per heavy atom. The van der Waals surface area contributed by atoms with E-state index in [4.69, 9.17) is 5.73 Å². The van der Waals surface area contributed by atoms with E-state index in [1.54, 1.807) is 4.57 Å². The average Bonchev–Trinajstić information content (AvgIpc) is 2.37. The Balaban J connectivity index is 3.00. The first kappa shape index (κ1) is 8.16. The Morgan fingerprint density at radius 3 is 3.09 bits per heavy atom. The van der Waals surface area contributed by atoms with Crippen molar-refractivity contribution in [2.45, 2.75) is 0 Å². The second-order valence-corrected chi connectivity index (χ2v) is 2.88. The van der Waals surface area contributed by atoms with Crippen molar-refractivity contribution in [3.05, 3.63) is 16.4 Å². The number of amides is 1. The molecule has 1 heterocycles. The number of nitrogens with zero attached hydrogens (tertiary/aromatic N) is 2. The van der Waals surface area contributed by atoms with Crippen molar-refractivity contribution in [2.24, 2.45) is 17.8 Å². The zero-order valence-corrected chi connectivity index (χ0v) is 6.97. The van der Waals surface area contributed by atoms with Crippen LogP contribution in [0.1, 0.15) is 0 Å². The maximum atomic E-state index is 10.7. The minimum Gasteiger partial charge on any atom is -0.327 e. The summed E-state index contributed by atoms with van der Waals surface area (Å²) in [5, 5.41) is 1.86. The lowest BCUT2D eigenvalue weighted by atomic mass is 10.6. The van der Waals surface area contributed by atoms with Gasteiger partial charge in [-0.25, -0.2) is 0 Å². The molecule has 2 N–H and O–H groups in total. The maximum absolute atomic E-state index is 10.7. The number of nitrogens with two attached hydrogens (primary N) is 1. The number of aryl methyl sites for hydroxylation is 1. The summed E-state index contributed by atoms with van der Waals surface area (Å²) in [7, 11) is 1.83. The van der Waals surface area contributed by atoms with E-state index in [-0.39, 0.29) is 12.5 Å². The summed E-state index contributed by atoms with van der Waals surface area (Å²) in [5.74, 6) is -0.289. The van der Waals surface area contributed by atoms with Gasteiger partial charge in [0.2, 0.25) is 0 Å². The van der Waals surface area contributed by atoms with Crippen molar-refractivity contribution < 1.29 is 4.79 Å². The van der Waals surface area contributed by atoms with Crippen LogP contribution in [0.15, 0.2) is 16.6 Å². The summed E-state index contributed by atoms with van der Waals surface area (Å²) in [6.45, 7) is -0.0299. The molecule has 0 fully saturated rings. The molecule has 0 bridgehead atoms. The molecule has 1 aromatic heterocycles. The lowest BCUT2D eigenvalue weighted by Gasteiger charge is -1.87. The van der Waals surface area contributed by atoms with Crippen LogP contribution in [-0.2, 0) is 11.8 Å². The van der Waals surface area contributed by atoms with Gasteiger partial charge in [-0.3, -0.25) is 4.79 Å². The molecule has 11 heavy (non-hydrogen) atoms. The number of carbonyl (C=O) groups is 1. The Morgan fingerprint density at radius 2 is 2.64 bits per heavy atom. The maximum Gasteiger partial charge on any atom is 0.262 e. The molecular weight excluding hydrogens is 162 g/mol. The Bertz CT molecular complexity index is 312. The van der Waals surface area contributed by atoms with Gasteiger partial charge in [0.05, 0.1) is 6.54 Å². The van der Waals surface area contributed by atoms with Gasteiger partial charge in [-0.2, -0.15) is 4.99 Å². The standard InChI is InChI=1S/C6H9N3OS/c1-9-2-3-11-6(9)8-5(10)4-7/h2-3H,4,7H2,1H3. The molecule has 0 radical (unpaired) electrons. The molecule has 0 saturated heterocycles. The summed E-state index contributed by atoms with van der Waals surface area (Å²) in [6, 6.07) is 0. The Kier molecular flexibility index (Phi) is 2.56. The SMILES string of the molecule is Cn1ccsc1=NC(=O)CN. The molecular formula is C6H9N3OS.